The van der Waals surface area contributed by atoms with Gasteiger partial charge in [0, 0.05) is 12.4 Å². The maximum atomic E-state index is 12.8. The van der Waals surface area contributed by atoms with E-state index in [1.54, 1.807) is 20.0 Å². The lowest BCUT2D eigenvalue weighted by atomic mass is 10.1. The Kier molecular flexibility index (Phi) is 5.48. The SMILES string of the molecule is Cc1nc(CN(C)C(=O)N[C@H](C)c2cccc(C(F)(F)F)c2)cs1. The predicted molar refractivity (Wildman–Crippen MR) is 86.7 cm³/mol. The first kappa shape index (κ1) is 18.3. The van der Waals surface area contributed by atoms with E-state index in [2.05, 4.69) is 10.3 Å². The molecule has 130 valence electrons. The van der Waals surface area contributed by atoms with Crippen LogP contribution in [0.1, 0.15) is 34.8 Å². The molecule has 0 saturated heterocycles. The maximum absolute atomic E-state index is 12.8. The summed E-state index contributed by atoms with van der Waals surface area (Å²) in [7, 11) is 1.61. The minimum atomic E-state index is -4.40. The smallest absolute Gasteiger partial charge is 0.331 e. The number of amides is 2. The van der Waals surface area contributed by atoms with Crippen molar-refractivity contribution in [1.29, 1.82) is 0 Å². The third-order valence-corrected chi connectivity index (χ3v) is 4.29. The van der Waals surface area contributed by atoms with Crippen molar-refractivity contribution in [2.45, 2.75) is 32.6 Å². The number of rotatable bonds is 4. The van der Waals surface area contributed by atoms with Crippen LogP contribution in [0.15, 0.2) is 29.6 Å². The Morgan fingerprint density at radius 2 is 2.12 bits per heavy atom. The van der Waals surface area contributed by atoms with E-state index in [1.807, 2.05) is 12.3 Å². The Hall–Kier alpha value is -2.09. The number of carbonyl (C=O) groups is 1. The molecule has 0 unspecified atom stereocenters. The molecule has 1 N–H and O–H groups in total. The van der Waals surface area contributed by atoms with Crippen LogP contribution in [0, 0.1) is 6.92 Å². The van der Waals surface area contributed by atoms with Crippen molar-refractivity contribution in [3.8, 4) is 0 Å². The normalized spacial score (nSPS) is 12.8. The largest absolute Gasteiger partial charge is 0.416 e. The van der Waals surface area contributed by atoms with Crippen molar-refractivity contribution in [2.24, 2.45) is 0 Å². The summed E-state index contributed by atoms with van der Waals surface area (Å²) in [6, 6.07) is 4.04. The molecule has 0 bridgehead atoms. The highest BCUT2D eigenvalue weighted by Gasteiger charge is 2.30. The number of carbonyl (C=O) groups excluding carboxylic acids is 1. The second-order valence-electron chi connectivity index (χ2n) is 5.51. The van der Waals surface area contributed by atoms with E-state index in [1.165, 1.54) is 22.3 Å². The van der Waals surface area contributed by atoms with Crippen LogP contribution in [0.2, 0.25) is 0 Å². The molecule has 1 heterocycles. The molecule has 1 atom stereocenters. The van der Waals surface area contributed by atoms with E-state index in [0.717, 1.165) is 22.8 Å². The monoisotopic (exact) mass is 357 g/mol. The lowest BCUT2D eigenvalue weighted by Gasteiger charge is -2.21. The molecule has 2 rings (SSSR count). The highest BCUT2D eigenvalue weighted by molar-refractivity contribution is 7.09. The molecule has 2 amide bonds. The van der Waals surface area contributed by atoms with Gasteiger partial charge in [-0.1, -0.05) is 12.1 Å². The first-order valence-corrected chi connectivity index (χ1v) is 8.14. The topological polar surface area (TPSA) is 45.2 Å². The summed E-state index contributed by atoms with van der Waals surface area (Å²) in [6.45, 7) is 3.86. The Labute approximate surface area is 142 Å². The molecule has 0 spiro atoms. The van der Waals surface area contributed by atoms with Crippen molar-refractivity contribution in [1.82, 2.24) is 15.2 Å². The fourth-order valence-electron chi connectivity index (χ4n) is 2.16. The number of nitrogens with one attached hydrogen (secondary N) is 1. The van der Waals surface area contributed by atoms with Gasteiger partial charge in [0.2, 0.25) is 0 Å². The standard InChI is InChI=1S/C16H18F3N3OS/c1-10(12-5-4-6-13(7-12)16(17,18)19)20-15(23)22(3)8-14-9-24-11(2)21-14/h4-7,9-10H,8H2,1-3H3,(H,20,23)/t10-/m1/s1. The number of hydrogen-bond acceptors (Lipinski definition) is 3. The van der Waals surface area contributed by atoms with Gasteiger partial charge in [0.15, 0.2) is 0 Å². The number of aryl methyl sites for hydroxylation is 1. The van der Waals surface area contributed by atoms with E-state index in [4.69, 9.17) is 0 Å². The van der Waals surface area contributed by atoms with Gasteiger partial charge >= 0.3 is 12.2 Å². The van der Waals surface area contributed by atoms with E-state index >= 15 is 0 Å². The van der Waals surface area contributed by atoms with Gasteiger partial charge in [-0.2, -0.15) is 13.2 Å². The molecule has 8 heteroatoms. The number of benzene rings is 1. The van der Waals surface area contributed by atoms with Gasteiger partial charge in [-0.15, -0.1) is 11.3 Å². The van der Waals surface area contributed by atoms with E-state index in [-0.39, 0.29) is 6.03 Å². The molecule has 24 heavy (non-hydrogen) atoms. The predicted octanol–water partition coefficient (Wildman–Crippen LogP) is 4.37. The molecule has 1 aromatic heterocycles. The molecular formula is C16H18F3N3OS. The van der Waals surface area contributed by atoms with Crippen LogP contribution in [-0.2, 0) is 12.7 Å². The number of halogens is 3. The van der Waals surface area contributed by atoms with Crippen molar-refractivity contribution in [2.75, 3.05) is 7.05 Å². The quantitative estimate of drug-likeness (QED) is 0.883. The van der Waals surface area contributed by atoms with Crippen LogP contribution >= 0.6 is 11.3 Å². The molecule has 0 fully saturated rings. The summed E-state index contributed by atoms with van der Waals surface area (Å²) in [5.74, 6) is 0. The Morgan fingerprint density at radius 3 is 2.71 bits per heavy atom. The molecule has 0 radical (unpaired) electrons. The number of aromatic nitrogens is 1. The first-order chi connectivity index (χ1) is 11.2. The highest BCUT2D eigenvalue weighted by Crippen LogP contribution is 2.30. The third kappa shape index (κ3) is 4.70. The first-order valence-electron chi connectivity index (χ1n) is 7.26. The summed E-state index contributed by atoms with van der Waals surface area (Å²) in [4.78, 5) is 17.9. The summed E-state index contributed by atoms with van der Waals surface area (Å²) in [5.41, 5.74) is 0.449. The van der Waals surface area contributed by atoms with E-state index in [9.17, 15) is 18.0 Å². The number of hydrogen-bond donors (Lipinski definition) is 1. The van der Waals surface area contributed by atoms with Gasteiger partial charge in [0.25, 0.3) is 0 Å². The van der Waals surface area contributed by atoms with E-state index < -0.39 is 17.8 Å². The van der Waals surface area contributed by atoms with Crippen molar-refractivity contribution < 1.29 is 18.0 Å². The highest BCUT2D eigenvalue weighted by atomic mass is 32.1. The average molecular weight is 357 g/mol. The Bertz CT molecular complexity index is 715. The minimum Gasteiger partial charge on any atom is -0.331 e. The van der Waals surface area contributed by atoms with Crippen molar-refractivity contribution in [3.63, 3.8) is 0 Å². The van der Waals surface area contributed by atoms with Gasteiger partial charge in [0.05, 0.1) is 28.9 Å². The van der Waals surface area contributed by atoms with Gasteiger partial charge in [-0.25, -0.2) is 9.78 Å². The van der Waals surface area contributed by atoms with Crippen LogP contribution in [0.3, 0.4) is 0 Å². The summed E-state index contributed by atoms with van der Waals surface area (Å²) < 4.78 is 38.3. The number of urea groups is 1. The van der Waals surface area contributed by atoms with Gasteiger partial charge in [-0.3, -0.25) is 0 Å². The van der Waals surface area contributed by atoms with Crippen LogP contribution < -0.4 is 5.32 Å². The Morgan fingerprint density at radius 1 is 1.42 bits per heavy atom. The van der Waals surface area contributed by atoms with Crippen LogP contribution in [0.25, 0.3) is 0 Å². The minimum absolute atomic E-state index is 0.339. The maximum Gasteiger partial charge on any atom is 0.416 e. The summed E-state index contributed by atoms with van der Waals surface area (Å²) in [6.07, 6.45) is -4.40. The zero-order valence-electron chi connectivity index (χ0n) is 13.5. The lowest BCUT2D eigenvalue weighted by molar-refractivity contribution is -0.137. The van der Waals surface area contributed by atoms with Crippen LogP contribution in [0.5, 0.6) is 0 Å². The van der Waals surface area contributed by atoms with Crippen LogP contribution in [-0.4, -0.2) is 23.0 Å². The molecule has 2 aromatic rings. The number of thiazole rings is 1. The fourth-order valence-corrected chi connectivity index (χ4v) is 2.76. The molecule has 4 nitrogen and oxygen atoms in total. The second-order valence-corrected chi connectivity index (χ2v) is 6.57. The lowest BCUT2D eigenvalue weighted by Crippen LogP contribution is -2.38. The fraction of sp³-hybridized carbons (Fsp3) is 0.375. The zero-order chi connectivity index (χ0) is 17.9. The summed E-state index contributed by atoms with van der Waals surface area (Å²) in [5, 5.41) is 5.48. The molecule has 0 aliphatic carbocycles. The van der Waals surface area contributed by atoms with E-state index in [0.29, 0.717) is 12.1 Å². The van der Waals surface area contributed by atoms with Crippen LogP contribution in [0.4, 0.5) is 18.0 Å². The van der Waals surface area contributed by atoms with Gasteiger partial charge in [0.1, 0.15) is 0 Å². The van der Waals surface area contributed by atoms with Crippen molar-refractivity contribution >= 4 is 17.4 Å². The number of alkyl halides is 3. The van der Waals surface area contributed by atoms with Crippen molar-refractivity contribution in [3.05, 3.63) is 51.5 Å². The van der Waals surface area contributed by atoms with Gasteiger partial charge in [-0.05, 0) is 31.5 Å². The second kappa shape index (κ2) is 7.21. The molecule has 0 saturated carbocycles. The average Bonchev–Trinajstić information content (AvgIpc) is 2.91. The molecule has 0 aliphatic rings. The number of nitrogens with zero attached hydrogens (tertiary/aromatic N) is 2. The molecule has 0 aliphatic heterocycles. The zero-order valence-corrected chi connectivity index (χ0v) is 14.3. The van der Waals surface area contributed by atoms with Gasteiger partial charge < -0.3 is 10.2 Å². The molecular weight excluding hydrogens is 339 g/mol. The third-order valence-electron chi connectivity index (χ3n) is 3.47. The molecule has 1 aromatic carbocycles. The Balaban J connectivity index is 2.00. The summed E-state index contributed by atoms with van der Waals surface area (Å²) >= 11 is 1.50.